The summed E-state index contributed by atoms with van der Waals surface area (Å²) in [6.07, 6.45) is -0.109. The summed E-state index contributed by atoms with van der Waals surface area (Å²) in [5.41, 5.74) is -1.99. The number of rotatable bonds is 4. The van der Waals surface area contributed by atoms with Crippen LogP contribution in [0.5, 0.6) is 0 Å². The van der Waals surface area contributed by atoms with Gasteiger partial charge in [-0.05, 0) is 31.2 Å². The summed E-state index contributed by atoms with van der Waals surface area (Å²) >= 11 is 0. The van der Waals surface area contributed by atoms with Crippen LogP contribution in [0.3, 0.4) is 0 Å². The summed E-state index contributed by atoms with van der Waals surface area (Å²) in [5.74, 6) is -4.28. The molecule has 1 heterocycles. The van der Waals surface area contributed by atoms with E-state index in [1.807, 2.05) is 0 Å². The lowest BCUT2D eigenvalue weighted by atomic mass is 9.85. The highest BCUT2D eigenvalue weighted by Gasteiger charge is 2.63. The van der Waals surface area contributed by atoms with Gasteiger partial charge in [0.15, 0.2) is 0 Å². The molecule has 2 atom stereocenters. The van der Waals surface area contributed by atoms with Crippen LogP contribution in [0, 0.1) is 11.7 Å². The average molecular weight is 309 g/mol. The van der Waals surface area contributed by atoms with Crippen LogP contribution in [0.1, 0.15) is 20.3 Å². The van der Waals surface area contributed by atoms with E-state index < -0.39 is 35.1 Å². The summed E-state index contributed by atoms with van der Waals surface area (Å²) in [4.78, 5) is 37.4. The minimum Gasteiger partial charge on any atom is -0.479 e. The van der Waals surface area contributed by atoms with Crippen molar-refractivity contribution >= 4 is 23.5 Å². The molecule has 0 radical (unpaired) electrons. The van der Waals surface area contributed by atoms with Crippen LogP contribution >= 0.6 is 0 Å². The maximum Gasteiger partial charge on any atom is 0.344 e. The third kappa shape index (κ3) is 2.22. The van der Waals surface area contributed by atoms with Crippen LogP contribution in [0.15, 0.2) is 24.3 Å². The maximum absolute atomic E-state index is 13.1. The molecule has 2 unspecified atom stereocenters. The third-order valence-corrected chi connectivity index (χ3v) is 3.79. The van der Waals surface area contributed by atoms with Crippen molar-refractivity contribution in [2.24, 2.45) is 5.92 Å². The summed E-state index contributed by atoms with van der Waals surface area (Å²) in [6.45, 7) is 3.05. The van der Waals surface area contributed by atoms with Gasteiger partial charge in [-0.15, -0.1) is 0 Å². The molecule has 0 spiro atoms. The fourth-order valence-electron chi connectivity index (χ4n) is 2.78. The van der Waals surface area contributed by atoms with Gasteiger partial charge in [0.2, 0.25) is 11.4 Å². The zero-order valence-corrected chi connectivity index (χ0v) is 12.2. The number of halogens is 1. The number of nitrogens with zero attached hydrogens (tertiary/aromatic N) is 1. The maximum atomic E-state index is 13.1. The second kappa shape index (κ2) is 5.75. The largest absolute Gasteiger partial charge is 0.479 e. The van der Waals surface area contributed by atoms with Crippen LogP contribution in [0.25, 0.3) is 0 Å². The predicted molar refractivity (Wildman–Crippen MR) is 74.7 cm³/mol. The molecule has 6 nitrogen and oxygen atoms in total. The van der Waals surface area contributed by atoms with E-state index in [0.29, 0.717) is 0 Å². The second-order valence-electron chi connectivity index (χ2n) is 5.10. The Balaban J connectivity index is 2.60. The van der Waals surface area contributed by atoms with Crippen LogP contribution in [-0.2, 0) is 19.1 Å². The van der Waals surface area contributed by atoms with E-state index in [1.54, 1.807) is 6.92 Å². The number of carboxylic acid groups (broad SMARTS) is 1. The Bertz CT molecular complexity index is 615. The molecular weight excluding hydrogens is 293 g/mol. The molecule has 1 saturated heterocycles. The van der Waals surface area contributed by atoms with Gasteiger partial charge in [0.1, 0.15) is 5.82 Å². The van der Waals surface area contributed by atoms with Crippen LogP contribution < -0.4 is 4.90 Å². The van der Waals surface area contributed by atoms with Crippen LogP contribution in [0.2, 0.25) is 0 Å². The Hall–Kier alpha value is -2.44. The van der Waals surface area contributed by atoms with Crippen LogP contribution in [-0.4, -0.2) is 35.1 Å². The molecule has 1 amide bonds. The number of carboxylic acids is 1. The standard InChI is InChI=1S/C15H16FNO5/c1-3-22-14(21)15(13(19)20)9(2)8-12(18)17(15)11-6-4-10(16)5-7-11/h4-7,9H,3,8H2,1-2H3,(H,19,20). The molecule has 7 heteroatoms. The highest BCUT2D eigenvalue weighted by Crippen LogP contribution is 2.40. The van der Waals surface area contributed by atoms with Crippen molar-refractivity contribution in [2.75, 3.05) is 11.5 Å². The Morgan fingerprint density at radius 2 is 2.00 bits per heavy atom. The van der Waals surface area contributed by atoms with E-state index >= 15 is 0 Å². The number of carbonyl (C=O) groups is 3. The van der Waals surface area contributed by atoms with Crippen molar-refractivity contribution in [1.29, 1.82) is 0 Å². The molecule has 1 aromatic rings. The van der Waals surface area contributed by atoms with E-state index in [4.69, 9.17) is 4.74 Å². The minimum atomic E-state index is -2.13. The molecule has 22 heavy (non-hydrogen) atoms. The Labute approximate surface area is 126 Å². The lowest BCUT2D eigenvalue weighted by Crippen LogP contribution is -2.61. The zero-order valence-electron chi connectivity index (χ0n) is 12.2. The van der Waals surface area contributed by atoms with Crippen LogP contribution in [0.4, 0.5) is 10.1 Å². The second-order valence-corrected chi connectivity index (χ2v) is 5.10. The molecule has 0 aromatic heterocycles. The molecule has 1 N–H and O–H groups in total. The molecular formula is C15H16FNO5. The van der Waals surface area contributed by atoms with Gasteiger partial charge in [-0.2, -0.15) is 0 Å². The summed E-state index contributed by atoms with van der Waals surface area (Å²) in [6, 6.07) is 4.73. The Kier molecular flexibility index (Phi) is 4.16. The highest BCUT2D eigenvalue weighted by atomic mass is 19.1. The van der Waals surface area contributed by atoms with Gasteiger partial charge in [0, 0.05) is 18.0 Å². The molecule has 0 aliphatic carbocycles. The summed E-state index contributed by atoms with van der Waals surface area (Å²) in [7, 11) is 0. The number of hydrogen-bond acceptors (Lipinski definition) is 4. The SMILES string of the molecule is CCOC(=O)C1(C(=O)O)C(C)CC(=O)N1c1ccc(F)cc1. The smallest absolute Gasteiger partial charge is 0.344 e. The van der Waals surface area contributed by atoms with Gasteiger partial charge in [-0.3, -0.25) is 9.69 Å². The molecule has 2 rings (SSSR count). The predicted octanol–water partition coefficient (Wildman–Crippen LogP) is 1.58. The van der Waals surface area contributed by atoms with E-state index in [2.05, 4.69) is 0 Å². The number of anilines is 1. The number of benzene rings is 1. The molecule has 1 fully saturated rings. The van der Waals surface area contributed by atoms with E-state index in [-0.39, 0.29) is 18.7 Å². The molecule has 0 bridgehead atoms. The molecule has 0 saturated carbocycles. The first-order chi connectivity index (χ1) is 10.4. The fourth-order valence-corrected chi connectivity index (χ4v) is 2.78. The van der Waals surface area contributed by atoms with E-state index in [9.17, 15) is 23.9 Å². The lowest BCUT2D eigenvalue weighted by molar-refractivity contribution is -0.162. The van der Waals surface area contributed by atoms with Gasteiger partial charge in [-0.1, -0.05) is 6.92 Å². The molecule has 1 aliphatic heterocycles. The van der Waals surface area contributed by atoms with E-state index in [0.717, 1.165) is 17.0 Å². The van der Waals surface area contributed by atoms with Gasteiger partial charge < -0.3 is 9.84 Å². The summed E-state index contributed by atoms with van der Waals surface area (Å²) < 4.78 is 18.0. The first-order valence-electron chi connectivity index (χ1n) is 6.84. The molecule has 118 valence electrons. The average Bonchev–Trinajstić information content (AvgIpc) is 2.72. The monoisotopic (exact) mass is 309 g/mol. The number of ether oxygens (including phenoxy) is 1. The zero-order chi connectivity index (χ0) is 16.5. The van der Waals surface area contributed by atoms with Crippen molar-refractivity contribution in [2.45, 2.75) is 25.8 Å². The topological polar surface area (TPSA) is 83.9 Å². The number of carbonyl (C=O) groups excluding carboxylic acids is 2. The first-order valence-corrected chi connectivity index (χ1v) is 6.84. The number of esters is 1. The Morgan fingerprint density at radius 1 is 1.41 bits per heavy atom. The first kappa shape index (κ1) is 15.9. The lowest BCUT2D eigenvalue weighted by Gasteiger charge is -2.34. The third-order valence-electron chi connectivity index (χ3n) is 3.79. The number of amides is 1. The van der Waals surface area contributed by atoms with Gasteiger partial charge >= 0.3 is 11.9 Å². The Morgan fingerprint density at radius 3 is 2.50 bits per heavy atom. The summed E-state index contributed by atoms with van der Waals surface area (Å²) in [5, 5.41) is 9.67. The number of hydrogen-bond donors (Lipinski definition) is 1. The molecule has 1 aliphatic rings. The van der Waals surface area contributed by atoms with Crippen molar-refractivity contribution in [3.05, 3.63) is 30.1 Å². The normalized spacial score (nSPS) is 24.4. The molecule has 1 aromatic carbocycles. The number of aliphatic carboxylic acids is 1. The van der Waals surface area contributed by atoms with Crippen molar-refractivity contribution < 1.29 is 28.6 Å². The van der Waals surface area contributed by atoms with Crippen molar-refractivity contribution in [3.8, 4) is 0 Å². The van der Waals surface area contributed by atoms with Crippen molar-refractivity contribution in [3.63, 3.8) is 0 Å². The van der Waals surface area contributed by atoms with E-state index in [1.165, 1.54) is 19.1 Å². The quantitative estimate of drug-likeness (QED) is 0.674. The van der Waals surface area contributed by atoms with Crippen molar-refractivity contribution in [1.82, 2.24) is 0 Å². The van der Waals surface area contributed by atoms with Gasteiger partial charge in [-0.25, -0.2) is 14.0 Å². The minimum absolute atomic E-state index is 0.00791. The van der Waals surface area contributed by atoms with Gasteiger partial charge in [0.25, 0.3) is 0 Å². The van der Waals surface area contributed by atoms with Gasteiger partial charge in [0.05, 0.1) is 6.61 Å². The fraction of sp³-hybridized carbons (Fsp3) is 0.400. The highest BCUT2D eigenvalue weighted by molar-refractivity contribution is 6.18.